The van der Waals surface area contributed by atoms with Gasteiger partial charge in [-0.1, -0.05) is 18.2 Å². The molecule has 2 aromatic rings. The molecule has 1 spiro atoms. The van der Waals surface area contributed by atoms with Crippen molar-refractivity contribution in [2.45, 2.75) is 25.4 Å². The number of carbonyl (C=O) groups is 1. The minimum Gasteiger partial charge on any atom is -0.339 e. The van der Waals surface area contributed by atoms with Crippen LogP contribution in [0.5, 0.6) is 0 Å². The van der Waals surface area contributed by atoms with Crippen LogP contribution in [0, 0.1) is 5.41 Å². The van der Waals surface area contributed by atoms with Gasteiger partial charge in [0.1, 0.15) is 0 Å². The van der Waals surface area contributed by atoms with Crippen molar-refractivity contribution < 1.29 is 18.0 Å². The van der Waals surface area contributed by atoms with Crippen LogP contribution in [-0.2, 0) is 6.18 Å². The average molecular weight is 436 g/mol. The molecule has 4 nitrogen and oxygen atoms in total. The second kappa shape index (κ2) is 8.43. The van der Waals surface area contributed by atoms with Crippen LogP contribution in [0.2, 0.25) is 0 Å². The second-order valence-electron chi connectivity index (χ2n) is 7.28. The van der Waals surface area contributed by atoms with Gasteiger partial charge in [0.15, 0.2) is 0 Å². The molecule has 4 rings (SSSR count). The van der Waals surface area contributed by atoms with E-state index in [0.29, 0.717) is 13.1 Å². The number of nitrogens with one attached hydrogen (secondary N) is 1. The Morgan fingerprint density at radius 3 is 2.39 bits per heavy atom. The predicted octanol–water partition coefficient (Wildman–Crippen LogP) is 4.31. The summed E-state index contributed by atoms with van der Waals surface area (Å²) in [7, 11) is 0. The van der Waals surface area contributed by atoms with Gasteiger partial charge >= 0.3 is 6.18 Å². The van der Waals surface area contributed by atoms with E-state index in [4.69, 9.17) is 0 Å². The molecule has 28 heavy (non-hydrogen) atoms. The number of aromatic nitrogens is 1. The van der Waals surface area contributed by atoms with Crippen LogP contribution in [-0.4, -0.2) is 42.0 Å². The van der Waals surface area contributed by atoms with Crippen LogP contribution in [0.15, 0.2) is 30.5 Å². The van der Waals surface area contributed by atoms with E-state index in [1.165, 1.54) is 18.2 Å². The van der Waals surface area contributed by atoms with E-state index >= 15 is 0 Å². The number of rotatable bonds is 1. The van der Waals surface area contributed by atoms with Crippen molar-refractivity contribution in [1.29, 1.82) is 0 Å². The van der Waals surface area contributed by atoms with Crippen LogP contribution in [0.25, 0.3) is 10.9 Å². The lowest BCUT2D eigenvalue weighted by Gasteiger charge is -2.39. The molecule has 2 aliphatic heterocycles. The molecular weight excluding hydrogens is 414 g/mol. The van der Waals surface area contributed by atoms with E-state index in [9.17, 15) is 18.0 Å². The maximum absolute atomic E-state index is 13.7. The number of likely N-dealkylation sites (tertiary alicyclic amines) is 1. The van der Waals surface area contributed by atoms with Gasteiger partial charge in [0, 0.05) is 31.2 Å². The molecule has 1 N–H and O–H groups in total. The third-order valence-corrected chi connectivity index (χ3v) is 5.73. The average Bonchev–Trinajstić information content (AvgIpc) is 3.08. The lowest BCUT2D eigenvalue weighted by atomic mass is 9.77. The Morgan fingerprint density at radius 1 is 1.11 bits per heavy atom. The number of amides is 1. The highest BCUT2D eigenvalue weighted by Gasteiger charge is 2.41. The van der Waals surface area contributed by atoms with Crippen molar-refractivity contribution >= 4 is 41.6 Å². The fraction of sp³-hybridized carbons (Fsp3) is 0.474. The predicted molar refractivity (Wildman–Crippen MR) is 106 cm³/mol. The van der Waals surface area contributed by atoms with Crippen LogP contribution in [0.1, 0.15) is 35.2 Å². The van der Waals surface area contributed by atoms with Gasteiger partial charge in [-0.25, -0.2) is 0 Å². The molecular formula is C19H22Cl2F3N3O. The zero-order chi connectivity index (χ0) is 18.4. The highest BCUT2D eigenvalue weighted by Crippen LogP contribution is 2.40. The number of benzene rings is 1. The molecule has 0 atom stereocenters. The molecule has 0 unspecified atom stereocenters. The third-order valence-electron chi connectivity index (χ3n) is 5.73. The van der Waals surface area contributed by atoms with Gasteiger partial charge < -0.3 is 10.2 Å². The zero-order valence-electron chi connectivity index (χ0n) is 15.1. The largest absolute Gasteiger partial charge is 0.417 e. The lowest BCUT2D eigenvalue weighted by Crippen LogP contribution is -2.44. The Bertz CT molecular complexity index is 844. The van der Waals surface area contributed by atoms with Crippen LogP contribution in [0.4, 0.5) is 13.2 Å². The Balaban J connectivity index is 0.00000140. The van der Waals surface area contributed by atoms with Gasteiger partial charge in [-0.2, -0.15) is 13.2 Å². The Hall–Kier alpha value is -1.57. The number of alkyl halides is 3. The fourth-order valence-corrected chi connectivity index (χ4v) is 4.19. The van der Waals surface area contributed by atoms with Crippen molar-refractivity contribution in [2.75, 3.05) is 26.2 Å². The Morgan fingerprint density at radius 2 is 1.79 bits per heavy atom. The number of pyridine rings is 1. The van der Waals surface area contributed by atoms with Gasteiger partial charge in [0.05, 0.1) is 16.6 Å². The summed E-state index contributed by atoms with van der Waals surface area (Å²) in [5, 5.41) is 3.32. The number of carbonyl (C=O) groups excluding carboxylic acids is 1. The van der Waals surface area contributed by atoms with Gasteiger partial charge in [-0.05, 0) is 37.3 Å². The number of hydrogen-bond acceptors (Lipinski definition) is 3. The Labute approximate surface area is 173 Å². The first-order valence-corrected chi connectivity index (χ1v) is 8.85. The number of para-hydroxylation sites is 1. The molecule has 0 radical (unpaired) electrons. The number of hydrogen-bond donors (Lipinski definition) is 1. The first-order chi connectivity index (χ1) is 12.4. The van der Waals surface area contributed by atoms with Crippen molar-refractivity contribution in [3.63, 3.8) is 0 Å². The first kappa shape index (κ1) is 22.7. The number of piperidine rings is 1. The van der Waals surface area contributed by atoms with Gasteiger partial charge in [-0.15, -0.1) is 24.8 Å². The molecule has 3 heterocycles. The van der Waals surface area contributed by atoms with Crippen molar-refractivity contribution in [3.05, 3.63) is 41.6 Å². The summed E-state index contributed by atoms with van der Waals surface area (Å²) in [6.07, 6.45) is -0.808. The first-order valence-electron chi connectivity index (χ1n) is 8.85. The highest BCUT2D eigenvalue weighted by atomic mass is 35.5. The zero-order valence-corrected chi connectivity index (χ0v) is 16.7. The molecule has 0 saturated carbocycles. The van der Waals surface area contributed by atoms with Gasteiger partial charge in [-0.3, -0.25) is 9.78 Å². The van der Waals surface area contributed by atoms with E-state index in [-0.39, 0.29) is 46.7 Å². The van der Waals surface area contributed by atoms with Crippen LogP contribution >= 0.6 is 24.8 Å². The number of fused-ring (bicyclic) bond motifs is 1. The molecule has 2 saturated heterocycles. The normalized spacial score (nSPS) is 18.6. The van der Waals surface area contributed by atoms with Crippen LogP contribution in [0.3, 0.4) is 0 Å². The van der Waals surface area contributed by atoms with E-state index < -0.39 is 17.6 Å². The minimum absolute atomic E-state index is 0. The summed E-state index contributed by atoms with van der Waals surface area (Å²) in [5.74, 6) is -0.573. The standard InChI is InChI=1S/C19H20F3N3O.2ClH/c20-19(21,22)16-13-3-1-2-4-15(13)24-11-14(16)17(26)25-9-6-18(7-10-25)5-8-23-12-18;;/h1-4,11,23H,5-10,12H2;2*1H. The van der Waals surface area contributed by atoms with Crippen molar-refractivity contribution in [2.24, 2.45) is 5.41 Å². The third kappa shape index (κ3) is 4.07. The smallest absolute Gasteiger partial charge is 0.339 e. The molecule has 9 heteroatoms. The van der Waals surface area contributed by atoms with E-state index in [2.05, 4.69) is 10.3 Å². The van der Waals surface area contributed by atoms with Crippen molar-refractivity contribution in [3.8, 4) is 0 Å². The molecule has 2 aliphatic rings. The van der Waals surface area contributed by atoms with Gasteiger partial charge in [0.25, 0.3) is 5.91 Å². The molecule has 1 aromatic carbocycles. The molecule has 154 valence electrons. The number of halogens is 5. The molecule has 1 aromatic heterocycles. The van der Waals surface area contributed by atoms with Crippen molar-refractivity contribution in [1.82, 2.24) is 15.2 Å². The highest BCUT2D eigenvalue weighted by molar-refractivity contribution is 6.00. The second-order valence-corrected chi connectivity index (χ2v) is 7.28. The summed E-state index contributed by atoms with van der Waals surface area (Å²) >= 11 is 0. The monoisotopic (exact) mass is 435 g/mol. The molecule has 0 bridgehead atoms. The number of nitrogens with zero attached hydrogens (tertiary/aromatic N) is 2. The van der Waals surface area contributed by atoms with E-state index in [1.54, 1.807) is 11.0 Å². The maximum atomic E-state index is 13.7. The Kier molecular flexibility index (Phi) is 6.84. The quantitative estimate of drug-likeness (QED) is 0.725. The summed E-state index contributed by atoms with van der Waals surface area (Å²) < 4.78 is 41.2. The molecule has 0 aliphatic carbocycles. The van der Waals surface area contributed by atoms with Gasteiger partial charge in [0.2, 0.25) is 0 Å². The van der Waals surface area contributed by atoms with Crippen LogP contribution < -0.4 is 5.32 Å². The topological polar surface area (TPSA) is 45.2 Å². The SMILES string of the molecule is Cl.Cl.O=C(c1cnc2ccccc2c1C(F)(F)F)N1CCC2(CCNC2)CC1. The fourth-order valence-electron chi connectivity index (χ4n) is 4.19. The maximum Gasteiger partial charge on any atom is 0.417 e. The summed E-state index contributed by atoms with van der Waals surface area (Å²) in [6, 6.07) is 6.07. The summed E-state index contributed by atoms with van der Waals surface area (Å²) in [5.41, 5.74) is -0.788. The minimum atomic E-state index is -4.61. The molecule has 2 fully saturated rings. The summed E-state index contributed by atoms with van der Waals surface area (Å²) in [4.78, 5) is 18.5. The van der Waals surface area contributed by atoms with E-state index in [1.807, 2.05) is 0 Å². The molecule has 1 amide bonds. The lowest BCUT2D eigenvalue weighted by molar-refractivity contribution is -0.136. The summed E-state index contributed by atoms with van der Waals surface area (Å²) in [6.45, 7) is 2.89. The van der Waals surface area contributed by atoms with E-state index in [0.717, 1.165) is 38.5 Å².